The highest BCUT2D eigenvalue weighted by atomic mass is 16.4. The Hall–Kier alpha value is -4.01. The SMILES string of the molecule is NCCCCC(N)C(=O)NC(Cc1c[nH]c2ccccc12)C(=O)NC(CCC(N)=O)C(=O)NC(CO)C(=O)O. The van der Waals surface area contributed by atoms with Gasteiger partial charge in [-0.15, -0.1) is 0 Å². The Morgan fingerprint density at radius 1 is 0.897 bits per heavy atom. The second-order valence-corrected chi connectivity index (χ2v) is 9.16. The van der Waals surface area contributed by atoms with Crippen LogP contribution in [0.3, 0.4) is 0 Å². The minimum Gasteiger partial charge on any atom is -0.480 e. The zero-order chi connectivity index (χ0) is 28.9. The minimum absolute atomic E-state index is 0.0374. The topological polar surface area (TPSA) is 256 Å². The molecule has 0 spiro atoms. The van der Waals surface area contributed by atoms with Gasteiger partial charge in [0, 0.05) is 29.9 Å². The van der Waals surface area contributed by atoms with E-state index < -0.39 is 60.4 Å². The number of aromatic amines is 1. The largest absolute Gasteiger partial charge is 0.480 e. The van der Waals surface area contributed by atoms with Crippen molar-refractivity contribution in [3.63, 3.8) is 0 Å². The molecule has 1 aromatic heterocycles. The van der Waals surface area contributed by atoms with Gasteiger partial charge in [0.05, 0.1) is 12.6 Å². The molecule has 39 heavy (non-hydrogen) atoms. The van der Waals surface area contributed by atoms with Crippen molar-refractivity contribution in [2.75, 3.05) is 13.2 Å². The Morgan fingerprint density at radius 3 is 2.18 bits per heavy atom. The number of nitrogens with two attached hydrogens (primary N) is 3. The third kappa shape index (κ3) is 9.67. The molecule has 0 saturated heterocycles. The van der Waals surface area contributed by atoms with Crippen molar-refractivity contribution in [2.24, 2.45) is 17.2 Å². The molecule has 14 nitrogen and oxygen atoms in total. The molecule has 0 saturated carbocycles. The van der Waals surface area contributed by atoms with Gasteiger partial charge in [-0.2, -0.15) is 0 Å². The number of para-hydroxylation sites is 1. The van der Waals surface area contributed by atoms with Crippen LogP contribution in [0.4, 0.5) is 0 Å². The highest BCUT2D eigenvalue weighted by Gasteiger charge is 2.31. The van der Waals surface area contributed by atoms with Crippen LogP contribution in [-0.4, -0.2) is 82.1 Å². The normalized spacial score (nSPS) is 14.1. The zero-order valence-corrected chi connectivity index (χ0v) is 21.5. The fourth-order valence-electron chi connectivity index (χ4n) is 3.93. The van der Waals surface area contributed by atoms with E-state index in [9.17, 15) is 29.1 Å². The second kappa shape index (κ2) is 15.4. The number of aliphatic hydroxyl groups is 1. The van der Waals surface area contributed by atoms with Gasteiger partial charge in [0.25, 0.3) is 0 Å². The fourth-order valence-corrected chi connectivity index (χ4v) is 3.93. The molecular weight excluding hydrogens is 510 g/mol. The highest BCUT2D eigenvalue weighted by molar-refractivity contribution is 5.95. The number of carbonyl (C=O) groups excluding carboxylic acids is 4. The molecule has 1 heterocycles. The number of hydrogen-bond donors (Lipinski definition) is 9. The number of primary amides is 1. The van der Waals surface area contributed by atoms with Crippen LogP contribution in [0.1, 0.15) is 37.7 Å². The summed E-state index contributed by atoms with van der Waals surface area (Å²) < 4.78 is 0. The molecule has 4 atom stereocenters. The Bertz CT molecular complexity index is 1150. The van der Waals surface area contributed by atoms with Crippen LogP contribution in [0.2, 0.25) is 0 Å². The van der Waals surface area contributed by atoms with Gasteiger partial charge in [0.1, 0.15) is 18.1 Å². The van der Waals surface area contributed by atoms with E-state index in [0.717, 1.165) is 10.9 Å². The van der Waals surface area contributed by atoms with Crippen molar-refractivity contribution in [3.05, 3.63) is 36.0 Å². The predicted octanol–water partition coefficient (Wildman–Crippen LogP) is -2.04. The Morgan fingerprint density at radius 2 is 1.54 bits per heavy atom. The first kappa shape index (κ1) is 31.2. The van der Waals surface area contributed by atoms with E-state index in [4.69, 9.17) is 22.3 Å². The fraction of sp³-hybridized carbons (Fsp3) is 0.480. The first-order valence-corrected chi connectivity index (χ1v) is 12.6. The number of hydrogen-bond acceptors (Lipinski definition) is 8. The molecule has 12 N–H and O–H groups in total. The molecule has 1 aromatic carbocycles. The van der Waals surface area contributed by atoms with Gasteiger partial charge in [0.2, 0.25) is 23.6 Å². The van der Waals surface area contributed by atoms with E-state index in [2.05, 4.69) is 20.9 Å². The number of benzene rings is 1. The summed E-state index contributed by atoms with van der Waals surface area (Å²) in [5.74, 6) is -4.51. The number of aromatic nitrogens is 1. The number of amides is 4. The number of unbranched alkanes of at least 4 members (excludes halogenated alkanes) is 1. The maximum atomic E-state index is 13.4. The molecule has 0 aliphatic carbocycles. The Kier molecular flexibility index (Phi) is 12.3. The second-order valence-electron chi connectivity index (χ2n) is 9.16. The number of aliphatic hydroxyl groups excluding tert-OH is 1. The minimum atomic E-state index is -1.63. The molecule has 0 aliphatic rings. The summed E-state index contributed by atoms with van der Waals surface area (Å²) >= 11 is 0. The molecular formula is C25H37N7O7. The molecule has 4 amide bonds. The van der Waals surface area contributed by atoms with E-state index in [1.807, 2.05) is 24.3 Å². The number of aliphatic carboxylic acids is 1. The van der Waals surface area contributed by atoms with E-state index in [0.29, 0.717) is 31.4 Å². The van der Waals surface area contributed by atoms with Crippen molar-refractivity contribution in [3.8, 4) is 0 Å². The summed E-state index contributed by atoms with van der Waals surface area (Å²) in [5.41, 5.74) is 18.2. The average Bonchev–Trinajstić information content (AvgIpc) is 3.31. The number of carbonyl (C=O) groups is 5. The van der Waals surface area contributed by atoms with Crippen LogP contribution in [-0.2, 0) is 30.4 Å². The van der Waals surface area contributed by atoms with Gasteiger partial charge >= 0.3 is 5.97 Å². The lowest BCUT2D eigenvalue weighted by molar-refractivity contribution is -0.143. The molecule has 0 bridgehead atoms. The summed E-state index contributed by atoms with van der Waals surface area (Å²) in [4.78, 5) is 64.7. The van der Waals surface area contributed by atoms with Gasteiger partial charge in [-0.25, -0.2) is 4.79 Å². The quantitative estimate of drug-likeness (QED) is 0.0987. The van der Waals surface area contributed by atoms with Gasteiger partial charge in [-0.3, -0.25) is 19.2 Å². The van der Waals surface area contributed by atoms with E-state index in [1.165, 1.54) is 0 Å². The number of carboxylic acids is 1. The van der Waals surface area contributed by atoms with Crippen molar-refractivity contribution in [1.29, 1.82) is 0 Å². The molecule has 0 aliphatic heterocycles. The number of fused-ring (bicyclic) bond motifs is 1. The Labute approximate surface area is 225 Å². The highest BCUT2D eigenvalue weighted by Crippen LogP contribution is 2.19. The number of nitrogens with one attached hydrogen (secondary N) is 4. The maximum absolute atomic E-state index is 13.4. The maximum Gasteiger partial charge on any atom is 0.328 e. The molecule has 0 fully saturated rings. The van der Waals surface area contributed by atoms with Crippen LogP contribution in [0.5, 0.6) is 0 Å². The summed E-state index contributed by atoms with van der Waals surface area (Å²) in [7, 11) is 0. The molecule has 0 radical (unpaired) electrons. The Balaban J connectivity index is 2.28. The van der Waals surface area contributed by atoms with Crippen LogP contribution in [0.15, 0.2) is 30.5 Å². The standard InChI is InChI=1S/C25H37N7O7/c26-10-4-3-6-16(27)22(35)31-19(11-14-12-29-17-7-2-1-5-15(14)17)24(37)30-18(8-9-21(28)34)23(36)32-20(13-33)25(38)39/h1-2,5,7,12,16,18-20,29,33H,3-4,6,8-11,13,26-27H2,(H2,28,34)(H,30,37)(H,31,35)(H,32,36)(H,38,39). The molecule has 2 aromatic rings. The monoisotopic (exact) mass is 547 g/mol. The summed E-state index contributed by atoms with van der Waals surface area (Å²) in [6, 6.07) is 2.29. The lowest BCUT2D eigenvalue weighted by atomic mass is 10.0. The van der Waals surface area contributed by atoms with Crippen molar-refractivity contribution < 1.29 is 34.2 Å². The third-order valence-corrected chi connectivity index (χ3v) is 6.15. The van der Waals surface area contributed by atoms with Gasteiger partial charge in [0.15, 0.2) is 0 Å². The summed E-state index contributed by atoms with van der Waals surface area (Å²) in [6.45, 7) is -0.438. The van der Waals surface area contributed by atoms with Gasteiger partial charge in [-0.05, 0) is 37.4 Å². The van der Waals surface area contributed by atoms with Crippen LogP contribution in [0.25, 0.3) is 10.9 Å². The van der Waals surface area contributed by atoms with Crippen molar-refractivity contribution >= 4 is 40.5 Å². The van der Waals surface area contributed by atoms with Crippen molar-refractivity contribution in [1.82, 2.24) is 20.9 Å². The number of H-pyrrole nitrogens is 1. The smallest absolute Gasteiger partial charge is 0.328 e. The lowest BCUT2D eigenvalue weighted by Gasteiger charge is -2.25. The first-order chi connectivity index (χ1) is 18.6. The number of carboxylic acid groups (broad SMARTS) is 1. The summed E-state index contributed by atoms with van der Waals surface area (Å²) in [6.07, 6.45) is 2.87. The average molecular weight is 548 g/mol. The third-order valence-electron chi connectivity index (χ3n) is 6.15. The van der Waals surface area contributed by atoms with E-state index in [-0.39, 0.29) is 19.3 Å². The van der Waals surface area contributed by atoms with E-state index >= 15 is 0 Å². The zero-order valence-electron chi connectivity index (χ0n) is 21.5. The summed E-state index contributed by atoms with van der Waals surface area (Å²) in [5, 5.41) is 26.5. The van der Waals surface area contributed by atoms with E-state index in [1.54, 1.807) is 6.20 Å². The molecule has 2 rings (SSSR count). The van der Waals surface area contributed by atoms with Gasteiger partial charge < -0.3 is 48.3 Å². The lowest BCUT2D eigenvalue weighted by Crippen LogP contribution is -2.58. The van der Waals surface area contributed by atoms with Crippen molar-refractivity contribution in [2.45, 2.75) is 62.7 Å². The van der Waals surface area contributed by atoms with Crippen LogP contribution in [0, 0.1) is 0 Å². The molecule has 14 heteroatoms. The van der Waals surface area contributed by atoms with Crippen LogP contribution < -0.4 is 33.2 Å². The van der Waals surface area contributed by atoms with Gasteiger partial charge in [-0.1, -0.05) is 24.6 Å². The molecule has 214 valence electrons. The first-order valence-electron chi connectivity index (χ1n) is 12.6. The molecule has 4 unspecified atom stereocenters. The predicted molar refractivity (Wildman–Crippen MR) is 142 cm³/mol. The number of rotatable bonds is 17. The van der Waals surface area contributed by atoms with Crippen LogP contribution >= 0.6 is 0 Å².